The molecule has 0 aliphatic carbocycles. The van der Waals surface area contributed by atoms with Gasteiger partial charge in [0.1, 0.15) is 0 Å². The number of likely N-dealkylation sites (tertiary alicyclic amines) is 1. The highest BCUT2D eigenvalue weighted by Gasteiger charge is 2.18. The first kappa shape index (κ1) is 12.8. The van der Waals surface area contributed by atoms with Crippen molar-refractivity contribution in [1.29, 1.82) is 0 Å². The van der Waals surface area contributed by atoms with Gasteiger partial charge in [-0.3, -0.25) is 4.79 Å². The molecule has 1 rings (SSSR count). The van der Waals surface area contributed by atoms with Gasteiger partial charge in [0.15, 0.2) is 0 Å². The fraction of sp³-hybridized carbons (Fsp3) is 0.818. The van der Waals surface area contributed by atoms with Crippen LogP contribution in [0.15, 0.2) is 0 Å². The van der Waals surface area contributed by atoms with Crippen LogP contribution < -0.4 is 5.32 Å². The molecule has 3 amide bonds. The maximum Gasteiger partial charge on any atom is 0.317 e. The standard InChI is InChI=1S/C11H21N3O2/c1-3-13(4-2)11(16)12-9-10(15)14-7-5-6-8-14/h3-9H2,1-2H3,(H,12,16). The van der Waals surface area contributed by atoms with E-state index in [1.807, 2.05) is 18.7 Å². The molecule has 0 aromatic rings. The normalized spacial score (nSPS) is 15.0. The highest BCUT2D eigenvalue weighted by molar-refractivity contribution is 5.84. The van der Waals surface area contributed by atoms with E-state index in [2.05, 4.69) is 5.32 Å². The summed E-state index contributed by atoms with van der Waals surface area (Å²) in [5.74, 6) is 0.0259. The molecule has 5 nitrogen and oxygen atoms in total. The molecule has 1 aliphatic rings. The van der Waals surface area contributed by atoms with Gasteiger partial charge in [-0.15, -0.1) is 0 Å². The summed E-state index contributed by atoms with van der Waals surface area (Å²) >= 11 is 0. The summed E-state index contributed by atoms with van der Waals surface area (Å²) in [6.07, 6.45) is 2.16. The second-order valence-corrected chi connectivity index (χ2v) is 3.92. The van der Waals surface area contributed by atoms with Gasteiger partial charge in [0.2, 0.25) is 5.91 Å². The Bertz CT molecular complexity index is 232. The van der Waals surface area contributed by atoms with Gasteiger partial charge in [0.05, 0.1) is 6.54 Å². The van der Waals surface area contributed by atoms with Crippen molar-refractivity contribution in [3.8, 4) is 0 Å². The Morgan fingerprint density at radius 3 is 2.25 bits per heavy atom. The van der Waals surface area contributed by atoms with Crippen LogP contribution in [0.5, 0.6) is 0 Å². The number of nitrogens with zero attached hydrogens (tertiary/aromatic N) is 2. The summed E-state index contributed by atoms with van der Waals surface area (Å²) in [4.78, 5) is 26.7. The second kappa shape index (κ2) is 6.35. The molecule has 1 aliphatic heterocycles. The quantitative estimate of drug-likeness (QED) is 0.767. The van der Waals surface area contributed by atoms with Crippen LogP contribution in [0.1, 0.15) is 26.7 Å². The molecule has 92 valence electrons. The zero-order chi connectivity index (χ0) is 12.0. The zero-order valence-corrected chi connectivity index (χ0v) is 10.2. The van der Waals surface area contributed by atoms with Gasteiger partial charge in [-0.25, -0.2) is 4.79 Å². The molecule has 1 heterocycles. The minimum atomic E-state index is -0.155. The van der Waals surface area contributed by atoms with E-state index >= 15 is 0 Å². The summed E-state index contributed by atoms with van der Waals surface area (Å²) < 4.78 is 0. The molecule has 0 saturated carbocycles. The number of carbonyl (C=O) groups excluding carboxylic acids is 2. The SMILES string of the molecule is CCN(CC)C(=O)NCC(=O)N1CCCC1. The van der Waals surface area contributed by atoms with E-state index in [1.54, 1.807) is 4.90 Å². The molecule has 0 radical (unpaired) electrons. The molecule has 1 fully saturated rings. The van der Waals surface area contributed by atoms with E-state index in [4.69, 9.17) is 0 Å². The highest BCUT2D eigenvalue weighted by Crippen LogP contribution is 2.06. The Balaban J connectivity index is 2.27. The minimum Gasteiger partial charge on any atom is -0.341 e. The topological polar surface area (TPSA) is 52.7 Å². The van der Waals surface area contributed by atoms with Crippen LogP contribution >= 0.6 is 0 Å². The van der Waals surface area contributed by atoms with E-state index < -0.39 is 0 Å². The predicted molar refractivity (Wildman–Crippen MR) is 62.1 cm³/mol. The van der Waals surface area contributed by atoms with E-state index in [-0.39, 0.29) is 18.5 Å². The van der Waals surface area contributed by atoms with Crippen molar-refractivity contribution in [3.63, 3.8) is 0 Å². The Kier molecular flexibility index (Phi) is 5.08. The van der Waals surface area contributed by atoms with Crippen LogP contribution in [0.3, 0.4) is 0 Å². The molecule has 0 aromatic heterocycles. The first-order chi connectivity index (χ1) is 7.69. The molecule has 16 heavy (non-hydrogen) atoms. The molecule has 0 bridgehead atoms. The van der Waals surface area contributed by atoms with Gasteiger partial charge >= 0.3 is 6.03 Å². The summed E-state index contributed by atoms with van der Waals surface area (Å²) in [7, 11) is 0. The van der Waals surface area contributed by atoms with Gasteiger partial charge in [-0.1, -0.05) is 0 Å². The van der Waals surface area contributed by atoms with Crippen LogP contribution in [-0.2, 0) is 4.79 Å². The largest absolute Gasteiger partial charge is 0.341 e. The number of nitrogens with one attached hydrogen (secondary N) is 1. The van der Waals surface area contributed by atoms with Crippen LogP contribution in [-0.4, -0.2) is 54.5 Å². The number of rotatable bonds is 4. The first-order valence-corrected chi connectivity index (χ1v) is 5.99. The zero-order valence-electron chi connectivity index (χ0n) is 10.2. The Morgan fingerprint density at radius 1 is 1.19 bits per heavy atom. The van der Waals surface area contributed by atoms with Gasteiger partial charge in [0, 0.05) is 26.2 Å². The lowest BCUT2D eigenvalue weighted by molar-refractivity contribution is -0.129. The number of urea groups is 1. The average molecular weight is 227 g/mol. The molecular formula is C11H21N3O2. The van der Waals surface area contributed by atoms with Crippen LogP contribution in [0.2, 0.25) is 0 Å². The number of hydrogen-bond donors (Lipinski definition) is 1. The third-order valence-electron chi connectivity index (χ3n) is 2.90. The lowest BCUT2D eigenvalue weighted by Gasteiger charge is -2.20. The van der Waals surface area contributed by atoms with Crippen molar-refractivity contribution in [2.75, 3.05) is 32.7 Å². The molecule has 5 heteroatoms. The van der Waals surface area contributed by atoms with Gasteiger partial charge in [-0.05, 0) is 26.7 Å². The van der Waals surface area contributed by atoms with Crippen molar-refractivity contribution < 1.29 is 9.59 Å². The van der Waals surface area contributed by atoms with Gasteiger partial charge in [-0.2, -0.15) is 0 Å². The molecule has 0 unspecified atom stereocenters. The third-order valence-corrected chi connectivity index (χ3v) is 2.90. The van der Waals surface area contributed by atoms with E-state index in [0.29, 0.717) is 13.1 Å². The summed E-state index contributed by atoms with van der Waals surface area (Å²) in [6.45, 7) is 6.96. The summed E-state index contributed by atoms with van der Waals surface area (Å²) in [5.41, 5.74) is 0. The summed E-state index contributed by atoms with van der Waals surface area (Å²) in [5, 5.41) is 2.66. The molecule has 1 saturated heterocycles. The predicted octanol–water partition coefficient (Wildman–Crippen LogP) is 0.660. The Hall–Kier alpha value is -1.26. The lowest BCUT2D eigenvalue weighted by Crippen LogP contribution is -2.44. The highest BCUT2D eigenvalue weighted by atomic mass is 16.2. The van der Waals surface area contributed by atoms with Gasteiger partial charge in [0.25, 0.3) is 0 Å². The Labute approximate surface area is 96.8 Å². The molecule has 0 aromatic carbocycles. The van der Waals surface area contributed by atoms with Crippen LogP contribution in [0.25, 0.3) is 0 Å². The van der Waals surface area contributed by atoms with Crippen molar-refractivity contribution in [2.45, 2.75) is 26.7 Å². The van der Waals surface area contributed by atoms with E-state index in [1.165, 1.54) is 0 Å². The maximum atomic E-state index is 11.6. The average Bonchev–Trinajstić information content (AvgIpc) is 2.81. The maximum absolute atomic E-state index is 11.6. The Morgan fingerprint density at radius 2 is 1.75 bits per heavy atom. The molecule has 1 N–H and O–H groups in total. The molecule has 0 atom stereocenters. The number of hydrogen-bond acceptors (Lipinski definition) is 2. The van der Waals surface area contributed by atoms with E-state index in [9.17, 15) is 9.59 Å². The van der Waals surface area contributed by atoms with Crippen LogP contribution in [0.4, 0.5) is 4.79 Å². The monoisotopic (exact) mass is 227 g/mol. The first-order valence-electron chi connectivity index (χ1n) is 5.99. The summed E-state index contributed by atoms with van der Waals surface area (Å²) in [6, 6.07) is -0.155. The minimum absolute atomic E-state index is 0.0259. The van der Waals surface area contributed by atoms with Crippen molar-refractivity contribution >= 4 is 11.9 Å². The van der Waals surface area contributed by atoms with E-state index in [0.717, 1.165) is 25.9 Å². The fourth-order valence-corrected chi connectivity index (χ4v) is 1.85. The number of carbonyl (C=O) groups is 2. The van der Waals surface area contributed by atoms with Crippen molar-refractivity contribution in [3.05, 3.63) is 0 Å². The van der Waals surface area contributed by atoms with Crippen LogP contribution in [0, 0.1) is 0 Å². The third kappa shape index (κ3) is 3.40. The molecule has 0 spiro atoms. The van der Waals surface area contributed by atoms with Gasteiger partial charge < -0.3 is 15.1 Å². The second-order valence-electron chi connectivity index (χ2n) is 3.92. The number of amides is 3. The lowest BCUT2D eigenvalue weighted by atomic mass is 10.4. The fourth-order valence-electron chi connectivity index (χ4n) is 1.85. The molecular weight excluding hydrogens is 206 g/mol. The van der Waals surface area contributed by atoms with Crippen molar-refractivity contribution in [2.24, 2.45) is 0 Å². The smallest absolute Gasteiger partial charge is 0.317 e. The van der Waals surface area contributed by atoms with Crippen molar-refractivity contribution in [1.82, 2.24) is 15.1 Å².